The first-order valence-electron chi connectivity index (χ1n) is 9.84. The maximum atomic E-state index is 6.12. The third-order valence-corrected chi connectivity index (χ3v) is 5.38. The van der Waals surface area contributed by atoms with Crippen molar-refractivity contribution in [1.82, 2.24) is 5.32 Å². The standard InChI is InChI=1S/C25H28BrNO/c1-19-8-11-22(12-9-19)18-28-25-15-14-24(26)16-23(25)17-27-20(2)10-13-21-6-4-3-5-7-21/h3-9,11-12,14-16,20,27H,10,13,17-18H2,1-2H3/t20-/m1/s1. The second-order valence-electron chi connectivity index (χ2n) is 7.33. The fourth-order valence-electron chi connectivity index (χ4n) is 3.09. The van der Waals surface area contributed by atoms with Crippen molar-refractivity contribution in [3.63, 3.8) is 0 Å². The Kier molecular flexibility index (Phi) is 7.70. The molecule has 0 fully saturated rings. The van der Waals surface area contributed by atoms with E-state index >= 15 is 0 Å². The van der Waals surface area contributed by atoms with Crippen molar-refractivity contribution in [2.45, 2.75) is 45.9 Å². The summed E-state index contributed by atoms with van der Waals surface area (Å²) in [5.74, 6) is 0.937. The van der Waals surface area contributed by atoms with Crippen LogP contribution in [0.4, 0.5) is 0 Å². The lowest BCUT2D eigenvalue weighted by Gasteiger charge is -2.17. The second-order valence-corrected chi connectivity index (χ2v) is 8.25. The van der Waals surface area contributed by atoms with Crippen LogP contribution in [0.3, 0.4) is 0 Å². The number of halogens is 1. The minimum atomic E-state index is 0.434. The van der Waals surface area contributed by atoms with Crippen LogP contribution in [0.1, 0.15) is 35.6 Å². The molecule has 3 rings (SSSR count). The van der Waals surface area contributed by atoms with E-state index in [0.717, 1.165) is 29.6 Å². The van der Waals surface area contributed by atoms with Crippen LogP contribution in [-0.4, -0.2) is 6.04 Å². The van der Waals surface area contributed by atoms with E-state index in [4.69, 9.17) is 4.74 Å². The van der Waals surface area contributed by atoms with Crippen LogP contribution < -0.4 is 10.1 Å². The predicted molar refractivity (Wildman–Crippen MR) is 121 cm³/mol. The van der Waals surface area contributed by atoms with Gasteiger partial charge in [0.25, 0.3) is 0 Å². The molecule has 0 saturated carbocycles. The lowest BCUT2D eigenvalue weighted by atomic mass is 10.1. The summed E-state index contributed by atoms with van der Waals surface area (Å²) >= 11 is 3.59. The van der Waals surface area contributed by atoms with Crippen molar-refractivity contribution in [1.29, 1.82) is 0 Å². The largest absolute Gasteiger partial charge is 0.489 e. The molecule has 0 saturated heterocycles. The van der Waals surface area contributed by atoms with E-state index in [2.05, 4.69) is 95.8 Å². The van der Waals surface area contributed by atoms with Crippen LogP contribution in [0, 0.1) is 6.92 Å². The molecule has 0 radical (unpaired) electrons. The van der Waals surface area contributed by atoms with Gasteiger partial charge in [0.1, 0.15) is 12.4 Å². The molecule has 0 heterocycles. The number of ether oxygens (including phenoxy) is 1. The molecule has 0 amide bonds. The molecule has 0 aliphatic rings. The summed E-state index contributed by atoms with van der Waals surface area (Å²) in [6, 6.07) is 25.8. The van der Waals surface area contributed by atoms with Gasteiger partial charge in [0.2, 0.25) is 0 Å². The zero-order chi connectivity index (χ0) is 19.8. The average Bonchev–Trinajstić information content (AvgIpc) is 2.72. The molecule has 2 nitrogen and oxygen atoms in total. The molecule has 0 unspecified atom stereocenters. The Morgan fingerprint density at radius 1 is 0.929 bits per heavy atom. The van der Waals surface area contributed by atoms with Gasteiger partial charge in [-0.2, -0.15) is 0 Å². The fraction of sp³-hybridized carbons (Fsp3) is 0.280. The molecule has 146 valence electrons. The van der Waals surface area contributed by atoms with Gasteiger partial charge in [0, 0.05) is 22.6 Å². The lowest BCUT2D eigenvalue weighted by molar-refractivity contribution is 0.301. The van der Waals surface area contributed by atoms with Crippen LogP contribution in [0.15, 0.2) is 77.3 Å². The molecule has 0 aliphatic carbocycles. The molecule has 0 aliphatic heterocycles. The molecular weight excluding hydrogens is 410 g/mol. The van der Waals surface area contributed by atoms with Crippen molar-refractivity contribution in [3.8, 4) is 5.75 Å². The molecule has 3 heteroatoms. The van der Waals surface area contributed by atoms with E-state index in [1.54, 1.807) is 0 Å². The summed E-state index contributed by atoms with van der Waals surface area (Å²) in [7, 11) is 0. The van der Waals surface area contributed by atoms with Crippen molar-refractivity contribution >= 4 is 15.9 Å². The van der Waals surface area contributed by atoms with Gasteiger partial charge < -0.3 is 10.1 Å². The molecule has 1 atom stereocenters. The first-order chi connectivity index (χ1) is 13.6. The molecule has 3 aromatic carbocycles. The van der Waals surface area contributed by atoms with Crippen LogP contribution >= 0.6 is 15.9 Å². The maximum Gasteiger partial charge on any atom is 0.124 e. The Morgan fingerprint density at radius 2 is 1.68 bits per heavy atom. The number of aryl methyl sites for hydroxylation is 2. The number of benzene rings is 3. The van der Waals surface area contributed by atoms with Gasteiger partial charge in [-0.15, -0.1) is 0 Å². The summed E-state index contributed by atoms with van der Waals surface area (Å²) in [5.41, 5.74) is 5.01. The summed E-state index contributed by atoms with van der Waals surface area (Å²) in [5, 5.41) is 3.64. The van der Waals surface area contributed by atoms with Gasteiger partial charge in [-0.3, -0.25) is 0 Å². The van der Waals surface area contributed by atoms with Crippen LogP contribution in [0.5, 0.6) is 5.75 Å². The second kappa shape index (κ2) is 10.4. The highest BCUT2D eigenvalue weighted by atomic mass is 79.9. The molecule has 0 aromatic heterocycles. The fourth-order valence-corrected chi connectivity index (χ4v) is 3.49. The van der Waals surface area contributed by atoms with Crippen molar-refractivity contribution in [2.75, 3.05) is 0 Å². The highest BCUT2D eigenvalue weighted by molar-refractivity contribution is 9.10. The molecule has 3 aromatic rings. The number of hydrogen-bond acceptors (Lipinski definition) is 2. The van der Waals surface area contributed by atoms with Crippen LogP contribution in [-0.2, 0) is 19.6 Å². The summed E-state index contributed by atoms with van der Waals surface area (Å²) in [6.07, 6.45) is 2.20. The van der Waals surface area contributed by atoms with E-state index in [9.17, 15) is 0 Å². The van der Waals surface area contributed by atoms with E-state index in [1.807, 2.05) is 12.1 Å². The minimum Gasteiger partial charge on any atom is -0.489 e. The van der Waals surface area contributed by atoms with E-state index in [0.29, 0.717) is 12.6 Å². The Bertz CT molecular complexity index is 861. The van der Waals surface area contributed by atoms with Gasteiger partial charge in [-0.05, 0) is 56.0 Å². The highest BCUT2D eigenvalue weighted by Gasteiger charge is 2.08. The van der Waals surface area contributed by atoms with Gasteiger partial charge in [-0.25, -0.2) is 0 Å². The smallest absolute Gasteiger partial charge is 0.124 e. The Balaban J connectivity index is 1.55. The van der Waals surface area contributed by atoms with E-state index in [-0.39, 0.29) is 0 Å². The van der Waals surface area contributed by atoms with E-state index in [1.165, 1.54) is 22.3 Å². The third-order valence-electron chi connectivity index (χ3n) is 4.89. The summed E-state index contributed by atoms with van der Waals surface area (Å²) in [4.78, 5) is 0. The number of nitrogens with one attached hydrogen (secondary N) is 1. The molecule has 28 heavy (non-hydrogen) atoms. The quantitative estimate of drug-likeness (QED) is 0.415. The Morgan fingerprint density at radius 3 is 2.43 bits per heavy atom. The normalized spacial score (nSPS) is 12.0. The van der Waals surface area contributed by atoms with Gasteiger partial charge in [0.05, 0.1) is 0 Å². The van der Waals surface area contributed by atoms with Crippen LogP contribution in [0.2, 0.25) is 0 Å². The van der Waals surface area contributed by atoms with Crippen LogP contribution in [0.25, 0.3) is 0 Å². The highest BCUT2D eigenvalue weighted by Crippen LogP contribution is 2.24. The molecule has 0 bridgehead atoms. The zero-order valence-electron chi connectivity index (χ0n) is 16.6. The van der Waals surface area contributed by atoms with Crippen molar-refractivity contribution in [3.05, 3.63) is 99.5 Å². The monoisotopic (exact) mass is 437 g/mol. The maximum absolute atomic E-state index is 6.12. The van der Waals surface area contributed by atoms with Crippen molar-refractivity contribution in [2.24, 2.45) is 0 Å². The summed E-state index contributed by atoms with van der Waals surface area (Å²) in [6.45, 7) is 5.72. The molecule has 1 N–H and O–H groups in total. The summed E-state index contributed by atoms with van der Waals surface area (Å²) < 4.78 is 7.19. The Labute approximate surface area is 177 Å². The topological polar surface area (TPSA) is 21.3 Å². The minimum absolute atomic E-state index is 0.434. The lowest BCUT2D eigenvalue weighted by Crippen LogP contribution is -2.26. The van der Waals surface area contributed by atoms with Gasteiger partial charge in [-0.1, -0.05) is 76.1 Å². The zero-order valence-corrected chi connectivity index (χ0v) is 18.2. The SMILES string of the molecule is Cc1ccc(COc2ccc(Br)cc2CN[C@H](C)CCc2ccccc2)cc1. The number of hydrogen-bond donors (Lipinski definition) is 1. The average molecular weight is 438 g/mol. The first kappa shape index (κ1) is 20.6. The Hall–Kier alpha value is -2.10. The molecule has 0 spiro atoms. The van der Waals surface area contributed by atoms with E-state index < -0.39 is 0 Å². The molecular formula is C25H28BrNO. The van der Waals surface area contributed by atoms with Gasteiger partial charge >= 0.3 is 0 Å². The third kappa shape index (κ3) is 6.50. The number of rotatable bonds is 9. The van der Waals surface area contributed by atoms with Gasteiger partial charge in [0.15, 0.2) is 0 Å². The van der Waals surface area contributed by atoms with Crippen molar-refractivity contribution < 1.29 is 4.74 Å². The predicted octanol–water partition coefficient (Wildman–Crippen LogP) is 6.45. The first-order valence-corrected chi connectivity index (χ1v) is 10.6.